The minimum atomic E-state index is -0.577. The Morgan fingerprint density at radius 1 is 1.42 bits per heavy atom. The minimum absolute atomic E-state index is 0.153. The van der Waals surface area contributed by atoms with Crippen LogP contribution in [-0.4, -0.2) is 23.0 Å². The summed E-state index contributed by atoms with van der Waals surface area (Å²) in [6, 6.07) is 2.52. The molecule has 19 heavy (non-hydrogen) atoms. The summed E-state index contributed by atoms with van der Waals surface area (Å²) in [6.07, 6.45) is 8.52. The van der Waals surface area contributed by atoms with Crippen LogP contribution >= 0.6 is 0 Å². The van der Waals surface area contributed by atoms with Crippen LogP contribution in [0.3, 0.4) is 0 Å². The van der Waals surface area contributed by atoms with Gasteiger partial charge in [0.25, 0.3) is 0 Å². The molecular weight excluding hydrogens is 240 g/mol. The summed E-state index contributed by atoms with van der Waals surface area (Å²) < 4.78 is 0. The summed E-state index contributed by atoms with van der Waals surface area (Å²) >= 11 is 0. The molecule has 4 heteroatoms. The molecule has 0 aromatic carbocycles. The molecule has 1 spiro atoms. The van der Waals surface area contributed by atoms with E-state index in [0.29, 0.717) is 0 Å². The van der Waals surface area contributed by atoms with Crippen molar-refractivity contribution in [2.24, 2.45) is 16.5 Å². The van der Waals surface area contributed by atoms with E-state index in [1.807, 2.05) is 6.92 Å². The number of aliphatic hydroxyl groups excluding tert-OH is 1. The molecular formula is C15H20N2O2. The molecule has 4 atom stereocenters. The maximum Gasteiger partial charge on any atom is 0.163 e. The van der Waals surface area contributed by atoms with Crippen molar-refractivity contribution < 1.29 is 9.94 Å². The van der Waals surface area contributed by atoms with E-state index in [9.17, 15) is 10.4 Å². The Morgan fingerprint density at radius 3 is 2.95 bits per heavy atom. The number of aliphatic hydroxyl groups is 1. The van der Waals surface area contributed by atoms with Crippen LogP contribution in [0.25, 0.3) is 0 Å². The topological polar surface area (TPSA) is 65.6 Å². The van der Waals surface area contributed by atoms with Crippen LogP contribution in [0.4, 0.5) is 0 Å². The van der Waals surface area contributed by atoms with Gasteiger partial charge in [-0.05, 0) is 57.1 Å². The van der Waals surface area contributed by atoms with Crippen LogP contribution in [0, 0.1) is 22.7 Å². The third-order valence-electron chi connectivity index (χ3n) is 4.99. The quantitative estimate of drug-likeness (QED) is 0.728. The van der Waals surface area contributed by atoms with Crippen LogP contribution in [0.2, 0.25) is 0 Å². The number of hydrogen-bond acceptors (Lipinski definition) is 4. The van der Waals surface area contributed by atoms with Gasteiger partial charge in [-0.2, -0.15) is 5.26 Å². The fraction of sp³-hybridized carbons (Fsp3) is 0.733. The monoisotopic (exact) mass is 260 g/mol. The summed E-state index contributed by atoms with van der Waals surface area (Å²) in [7, 11) is 0. The predicted octanol–water partition coefficient (Wildman–Crippen LogP) is 2.54. The van der Waals surface area contributed by atoms with E-state index in [1.54, 1.807) is 6.21 Å². The first-order valence-corrected chi connectivity index (χ1v) is 7.12. The summed E-state index contributed by atoms with van der Waals surface area (Å²) in [4.78, 5) is 5.73. The summed E-state index contributed by atoms with van der Waals surface area (Å²) in [5.74, 6) is -0.153. The van der Waals surface area contributed by atoms with E-state index < -0.39 is 17.1 Å². The lowest BCUT2D eigenvalue weighted by Crippen LogP contribution is -2.58. The molecule has 0 aromatic rings. The first-order chi connectivity index (χ1) is 9.12. The van der Waals surface area contributed by atoms with Gasteiger partial charge in [0.15, 0.2) is 5.60 Å². The van der Waals surface area contributed by atoms with E-state index in [-0.39, 0.29) is 5.92 Å². The van der Waals surface area contributed by atoms with E-state index in [1.165, 1.54) is 0 Å². The normalized spacial score (nSPS) is 45.0. The largest absolute Gasteiger partial charge is 0.393 e. The third kappa shape index (κ3) is 1.80. The molecule has 3 rings (SSSR count). The number of nitrogens with zero attached hydrogens (tertiary/aromatic N) is 2. The summed E-state index contributed by atoms with van der Waals surface area (Å²) in [6.45, 7) is 1.99. The highest BCUT2D eigenvalue weighted by Gasteiger charge is 2.59. The molecule has 1 aliphatic heterocycles. The molecule has 102 valence electrons. The molecule has 1 N–H and O–H groups in total. The number of fused-ring (bicyclic) bond motifs is 2. The molecule has 0 bridgehead atoms. The lowest BCUT2D eigenvalue weighted by Gasteiger charge is -2.53. The molecule has 4 nitrogen and oxygen atoms in total. The van der Waals surface area contributed by atoms with Crippen molar-refractivity contribution in [3.8, 4) is 6.07 Å². The standard InChI is InChI=1S/C15H20N2O2/c1-11-8-15(19-17-9-11)7-3-6-14(10-16)5-2-4-12(18)13(14)15/h8-9,12-13,18H,2-7H2,1H3/t12-,13-,14-,15+/m1/s1. The van der Waals surface area contributed by atoms with Gasteiger partial charge in [-0.1, -0.05) is 5.16 Å². The third-order valence-corrected chi connectivity index (χ3v) is 4.99. The van der Waals surface area contributed by atoms with E-state index >= 15 is 0 Å². The van der Waals surface area contributed by atoms with E-state index in [0.717, 1.165) is 44.1 Å². The van der Waals surface area contributed by atoms with Crippen LogP contribution in [0.15, 0.2) is 16.8 Å². The Bertz CT molecular complexity index is 475. The first kappa shape index (κ1) is 12.7. The van der Waals surface area contributed by atoms with Crippen molar-refractivity contribution in [1.29, 1.82) is 5.26 Å². The summed E-state index contributed by atoms with van der Waals surface area (Å²) in [5.41, 5.74) is 0.0319. The van der Waals surface area contributed by atoms with Crippen molar-refractivity contribution in [2.75, 3.05) is 0 Å². The van der Waals surface area contributed by atoms with Crippen LogP contribution in [-0.2, 0) is 4.84 Å². The molecule has 2 aliphatic carbocycles. The maximum absolute atomic E-state index is 10.5. The average Bonchev–Trinajstić information content (AvgIpc) is 2.38. The fourth-order valence-electron chi connectivity index (χ4n) is 4.33. The Kier molecular flexibility index (Phi) is 2.90. The molecule has 2 fully saturated rings. The molecule has 3 aliphatic rings. The minimum Gasteiger partial charge on any atom is -0.393 e. The molecule has 2 saturated carbocycles. The maximum atomic E-state index is 10.5. The lowest BCUT2D eigenvalue weighted by atomic mass is 9.53. The summed E-state index contributed by atoms with van der Waals surface area (Å²) in [5, 5.41) is 24.2. The second kappa shape index (κ2) is 4.35. The molecule has 0 aromatic heterocycles. The van der Waals surface area contributed by atoms with Gasteiger partial charge in [0.2, 0.25) is 0 Å². The van der Waals surface area contributed by atoms with Crippen molar-refractivity contribution in [3.63, 3.8) is 0 Å². The van der Waals surface area contributed by atoms with Crippen molar-refractivity contribution >= 4 is 6.21 Å². The average molecular weight is 260 g/mol. The zero-order chi connectivity index (χ0) is 13.5. The number of nitriles is 1. The van der Waals surface area contributed by atoms with E-state index in [2.05, 4.69) is 17.3 Å². The molecule has 0 unspecified atom stereocenters. The van der Waals surface area contributed by atoms with Gasteiger partial charge in [0.05, 0.1) is 23.8 Å². The van der Waals surface area contributed by atoms with Crippen LogP contribution < -0.4 is 0 Å². The van der Waals surface area contributed by atoms with Crippen LogP contribution in [0.5, 0.6) is 0 Å². The predicted molar refractivity (Wildman–Crippen MR) is 71.3 cm³/mol. The first-order valence-electron chi connectivity index (χ1n) is 7.12. The van der Waals surface area contributed by atoms with Gasteiger partial charge < -0.3 is 9.94 Å². The van der Waals surface area contributed by atoms with Gasteiger partial charge in [-0.3, -0.25) is 0 Å². The molecule has 0 radical (unpaired) electrons. The highest BCUT2D eigenvalue weighted by molar-refractivity contribution is 5.78. The molecule has 0 amide bonds. The molecule has 1 heterocycles. The van der Waals surface area contributed by atoms with Crippen molar-refractivity contribution in [3.05, 3.63) is 11.6 Å². The number of hydrogen-bond donors (Lipinski definition) is 1. The smallest absolute Gasteiger partial charge is 0.163 e. The Labute approximate surface area is 113 Å². The lowest BCUT2D eigenvalue weighted by molar-refractivity contribution is -0.164. The number of rotatable bonds is 0. The highest BCUT2D eigenvalue weighted by atomic mass is 16.7. The van der Waals surface area contributed by atoms with E-state index in [4.69, 9.17) is 4.84 Å². The van der Waals surface area contributed by atoms with Crippen molar-refractivity contribution in [2.45, 2.75) is 57.2 Å². The van der Waals surface area contributed by atoms with Gasteiger partial charge in [0, 0.05) is 5.92 Å². The second-order valence-corrected chi connectivity index (χ2v) is 6.23. The van der Waals surface area contributed by atoms with Crippen LogP contribution in [0.1, 0.15) is 45.4 Å². The van der Waals surface area contributed by atoms with Gasteiger partial charge in [-0.25, -0.2) is 0 Å². The zero-order valence-corrected chi connectivity index (χ0v) is 11.3. The SMILES string of the molecule is CC1=C[C@]2(CCC[C@@]3(C#N)CCC[C@@H](O)[C@H]32)ON=C1. The Hall–Kier alpha value is -1.34. The Morgan fingerprint density at radius 2 is 2.21 bits per heavy atom. The zero-order valence-electron chi connectivity index (χ0n) is 11.3. The fourth-order valence-corrected chi connectivity index (χ4v) is 4.33. The number of allylic oxidation sites excluding steroid dienone is 1. The molecule has 0 saturated heterocycles. The highest BCUT2D eigenvalue weighted by Crippen LogP contribution is 2.56. The van der Waals surface area contributed by atoms with Gasteiger partial charge in [-0.15, -0.1) is 0 Å². The second-order valence-electron chi connectivity index (χ2n) is 6.23. The Balaban J connectivity index is 2.06. The van der Waals surface area contributed by atoms with Crippen molar-refractivity contribution in [1.82, 2.24) is 0 Å². The van der Waals surface area contributed by atoms with Gasteiger partial charge >= 0.3 is 0 Å². The number of oxime groups is 1. The van der Waals surface area contributed by atoms with Gasteiger partial charge in [0.1, 0.15) is 0 Å².